The summed E-state index contributed by atoms with van der Waals surface area (Å²) >= 11 is 4.79. The van der Waals surface area contributed by atoms with Gasteiger partial charge in [0.05, 0.1) is 17.1 Å². The summed E-state index contributed by atoms with van der Waals surface area (Å²) in [5, 5.41) is 2.75. The zero-order valence-corrected chi connectivity index (χ0v) is 15.2. The average Bonchev–Trinajstić information content (AvgIpc) is 3.03. The molecule has 3 aromatic rings. The first-order valence-corrected chi connectivity index (χ1v) is 9.95. The van der Waals surface area contributed by atoms with Crippen LogP contribution in [-0.2, 0) is 16.6 Å². The number of hydrogen-bond acceptors (Lipinski definition) is 4. The van der Waals surface area contributed by atoms with Crippen molar-refractivity contribution in [3.8, 4) is 10.6 Å². The predicted octanol–water partition coefficient (Wildman–Crippen LogP) is 4.05. The van der Waals surface area contributed by atoms with Gasteiger partial charge in [0, 0.05) is 15.4 Å². The molecular weight excluding hydrogens is 396 g/mol. The maximum absolute atomic E-state index is 12.2. The average molecular weight is 409 g/mol. The number of aromatic nitrogens is 1. The summed E-state index contributed by atoms with van der Waals surface area (Å²) in [6, 6.07) is 16.3. The van der Waals surface area contributed by atoms with E-state index in [2.05, 4.69) is 25.6 Å². The van der Waals surface area contributed by atoms with Crippen molar-refractivity contribution in [3.63, 3.8) is 0 Å². The van der Waals surface area contributed by atoms with Gasteiger partial charge in [0.25, 0.3) is 0 Å². The number of hydrogen-bond donors (Lipinski definition) is 1. The quantitative estimate of drug-likeness (QED) is 0.692. The first-order chi connectivity index (χ1) is 11.0. The summed E-state index contributed by atoms with van der Waals surface area (Å²) in [4.78, 5) is 4.71. The fraction of sp³-hybridized carbons (Fsp3) is 0.0625. The molecule has 0 aliphatic rings. The maximum atomic E-state index is 12.2. The minimum Gasteiger partial charge on any atom is -0.240 e. The number of nitrogens with zero attached hydrogens (tertiary/aromatic N) is 1. The van der Waals surface area contributed by atoms with Crippen molar-refractivity contribution < 1.29 is 8.42 Å². The lowest BCUT2D eigenvalue weighted by Crippen LogP contribution is -2.23. The van der Waals surface area contributed by atoms with Crippen LogP contribution in [0.25, 0.3) is 10.6 Å². The van der Waals surface area contributed by atoms with Gasteiger partial charge in [-0.15, -0.1) is 11.3 Å². The van der Waals surface area contributed by atoms with Crippen molar-refractivity contribution in [2.45, 2.75) is 11.4 Å². The molecule has 0 spiro atoms. The molecule has 0 fully saturated rings. The van der Waals surface area contributed by atoms with Crippen molar-refractivity contribution in [2.75, 3.05) is 0 Å². The second-order valence-electron chi connectivity index (χ2n) is 4.79. The Balaban J connectivity index is 1.71. The van der Waals surface area contributed by atoms with Crippen molar-refractivity contribution in [1.82, 2.24) is 9.71 Å². The molecular formula is C16H13BrN2O2S2. The Morgan fingerprint density at radius 1 is 1.04 bits per heavy atom. The van der Waals surface area contributed by atoms with Gasteiger partial charge >= 0.3 is 0 Å². The molecule has 1 heterocycles. The van der Waals surface area contributed by atoms with Crippen molar-refractivity contribution in [3.05, 3.63) is 70.1 Å². The molecule has 2 aromatic carbocycles. The summed E-state index contributed by atoms with van der Waals surface area (Å²) < 4.78 is 27.9. The van der Waals surface area contributed by atoms with E-state index in [-0.39, 0.29) is 11.4 Å². The van der Waals surface area contributed by atoms with Gasteiger partial charge < -0.3 is 0 Å². The van der Waals surface area contributed by atoms with Gasteiger partial charge in [-0.1, -0.05) is 46.3 Å². The Kier molecular flexibility index (Phi) is 4.91. The standard InChI is InChI=1S/C16H13BrN2O2S2/c17-13-6-8-15(9-7-13)23(20,21)18-10-14-11-22-16(19-14)12-4-2-1-3-5-12/h1-9,11,18H,10H2. The molecule has 0 aliphatic heterocycles. The van der Waals surface area contributed by atoms with E-state index in [4.69, 9.17) is 0 Å². The summed E-state index contributed by atoms with van der Waals surface area (Å²) in [7, 11) is -3.54. The molecule has 0 saturated carbocycles. The fourth-order valence-corrected chi connectivity index (χ4v) is 4.06. The van der Waals surface area contributed by atoms with E-state index in [1.165, 1.54) is 11.3 Å². The Hall–Kier alpha value is -1.54. The van der Waals surface area contributed by atoms with E-state index in [0.717, 1.165) is 15.0 Å². The Labute approximate surface area is 147 Å². The van der Waals surface area contributed by atoms with Gasteiger partial charge in [-0.25, -0.2) is 18.1 Å². The number of sulfonamides is 1. The van der Waals surface area contributed by atoms with E-state index in [9.17, 15) is 8.42 Å². The van der Waals surface area contributed by atoms with Crippen molar-refractivity contribution >= 4 is 37.3 Å². The summed E-state index contributed by atoms with van der Waals surface area (Å²) in [6.07, 6.45) is 0. The normalized spacial score (nSPS) is 11.5. The van der Waals surface area contributed by atoms with Crippen LogP contribution in [0.1, 0.15) is 5.69 Å². The third kappa shape index (κ3) is 4.06. The lowest BCUT2D eigenvalue weighted by molar-refractivity contribution is 0.580. The molecule has 23 heavy (non-hydrogen) atoms. The lowest BCUT2D eigenvalue weighted by atomic mass is 10.2. The molecule has 0 saturated heterocycles. The third-order valence-electron chi connectivity index (χ3n) is 3.14. The molecule has 3 rings (SSSR count). The van der Waals surface area contributed by atoms with Crippen LogP contribution in [0.4, 0.5) is 0 Å². The zero-order valence-electron chi connectivity index (χ0n) is 11.9. The van der Waals surface area contributed by atoms with E-state index in [1.54, 1.807) is 24.3 Å². The number of thiazole rings is 1. The largest absolute Gasteiger partial charge is 0.240 e. The first-order valence-electron chi connectivity index (χ1n) is 6.80. The minimum absolute atomic E-state index is 0.168. The number of rotatable bonds is 5. The summed E-state index contributed by atoms with van der Waals surface area (Å²) in [6.45, 7) is 0.168. The Morgan fingerprint density at radius 2 is 1.74 bits per heavy atom. The minimum atomic E-state index is -3.54. The topological polar surface area (TPSA) is 59.1 Å². The van der Waals surface area contributed by atoms with Crippen LogP contribution in [-0.4, -0.2) is 13.4 Å². The highest BCUT2D eigenvalue weighted by Crippen LogP contribution is 2.23. The second-order valence-corrected chi connectivity index (χ2v) is 8.33. The molecule has 0 atom stereocenters. The highest BCUT2D eigenvalue weighted by molar-refractivity contribution is 9.10. The van der Waals surface area contributed by atoms with Crippen LogP contribution in [0.15, 0.2) is 69.3 Å². The monoisotopic (exact) mass is 408 g/mol. The fourth-order valence-electron chi connectivity index (χ4n) is 1.97. The van der Waals surface area contributed by atoms with Crippen molar-refractivity contribution in [1.29, 1.82) is 0 Å². The zero-order chi connectivity index (χ0) is 16.3. The molecule has 0 aliphatic carbocycles. The molecule has 1 N–H and O–H groups in total. The third-order valence-corrected chi connectivity index (χ3v) is 6.03. The van der Waals surface area contributed by atoms with Gasteiger partial charge in [-0.2, -0.15) is 0 Å². The summed E-state index contributed by atoms with van der Waals surface area (Å²) in [5.41, 5.74) is 1.73. The molecule has 0 bridgehead atoms. The number of benzene rings is 2. The van der Waals surface area contributed by atoms with Crippen LogP contribution in [0.2, 0.25) is 0 Å². The van der Waals surface area contributed by atoms with Crippen LogP contribution in [0, 0.1) is 0 Å². The van der Waals surface area contributed by atoms with Gasteiger partial charge in [0.2, 0.25) is 10.0 Å². The molecule has 1 aromatic heterocycles. The van der Waals surface area contributed by atoms with Gasteiger partial charge in [0.15, 0.2) is 0 Å². The molecule has 7 heteroatoms. The molecule has 0 amide bonds. The Bertz CT molecular complexity index is 891. The molecule has 0 radical (unpaired) electrons. The highest BCUT2D eigenvalue weighted by atomic mass is 79.9. The van der Waals surface area contributed by atoms with Crippen LogP contribution < -0.4 is 4.72 Å². The summed E-state index contributed by atoms with van der Waals surface area (Å²) in [5.74, 6) is 0. The molecule has 0 unspecified atom stereocenters. The van der Waals surface area contributed by atoms with E-state index in [0.29, 0.717) is 5.69 Å². The maximum Gasteiger partial charge on any atom is 0.240 e. The lowest BCUT2D eigenvalue weighted by Gasteiger charge is -2.05. The number of halogens is 1. The molecule has 118 valence electrons. The second kappa shape index (κ2) is 6.92. The van der Waals surface area contributed by atoms with Gasteiger partial charge in [-0.3, -0.25) is 0 Å². The Morgan fingerprint density at radius 3 is 2.43 bits per heavy atom. The SMILES string of the molecule is O=S(=O)(NCc1csc(-c2ccccc2)n1)c1ccc(Br)cc1. The molecule has 4 nitrogen and oxygen atoms in total. The highest BCUT2D eigenvalue weighted by Gasteiger charge is 2.14. The van der Waals surface area contributed by atoms with E-state index < -0.39 is 10.0 Å². The van der Waals surface area contributed by atoms with Crippen LogP contribution in [0.5, 0.6) is 0 Å². The number of nitrogens with one attached hydrogen (secondary N) is 1. The van der Waals surface area contributed by atoms with Gasteiger partial charge in [0.1, 0.15) is 5.01 Å². The first kappa shape index (κ1) is 16.3. The predicted molar refractivity (Wildman–Crippen MR) is 95.7 cm³/mol. The van der Waals surface area contributed by atoms with Crippen molar-refractivity contribution in [2.24, 2.45) is 0 Å². The van der Waals surface area contributed by atoms with E-state index in [1.807, 2.05) is 35.7 Å². The smallest absolute Gasteiger partial charge is 0.240 e. The van der Waals surface area contributed by atoms with Crippen LogP contribution in [0.3, 0.4) is 0 Å². The van der Waals surface area contributed by atoms with Crippen LogP contribution >= 0.6 is 27.3 Å². The van der Waals surface area contributed by atoms with E-state index >= 15 is 0 Å². The van der Waals surface area contributed by atoms with Gasteiger partial charge in [-0.05, 0) is 24.3 Å².